The lowest BCUT2D eigenvalue weighted by Crippen LogP contribution is -2.59. The molecule has 0 aromatic heterocycles. The molecule has 3 rings (SSSR count). The van der Waals surface area contributed by atoms with E-state index >= 15 is 0 Å². The Morgan fingerprint density at radius 3 is 2.78 bits per heavy atom. The van der Waals surface area contributed by atoms with Crippen molar-refractivity contribution in [1.82, 2.24) is 5.32 Å². The van der Waals surface area contributed by atoms with E-state index in [1.165, 1.54) is 42.5 Å². The van der Waals surface area contributed by atoms with Crippen molar-refractivity contribution in [3.63, 3.8) is 0 Å². The SMILES string of the molecule is Cc1ccc(N2CCNC3CCCCC32)cc1C. The van der Waals surface area contributed by atoms with Gasteiger partial charge in [-0.15, -0.1) is 0 Å². The highest BCUT2D eigenvalue weighted by molar-refractivity contribution is 5.52. The molecule has 1 saturated heterocycles. The van der Waals surface area contributed by atoms with Gasteiger partial charge >= 0.3 is 0 Å². The fraction of sp³-hybridized carbons (Fsp3) is 0.625. The minimum absolute atomic E-state index is 0.717. The summed E-state index contributed by atoms with van der Waals surface area (Å²) in [5, 5.41) is 3.71. The first-order valence-corrected chi connectivity index (χ1v) is 7.33. The van der Waals surface area contributed by atoms with Gasteiger partial charge in [-0.25, -0.2) is 0 Å². The van der Waals surface area contributed by atoms with Crippen LogP contribution in [-0.4, -0.2) is 25.2 Å². The van der Waals surface area contributed by atoms with Crippen LogP contribution in [0.15, 0.2) is 18.2 Å². The van der Waals surface area contributed by atoms with Crippen LogP contribution in [0.5, 0.6) is 0 Å². The summed E-state index contributed by atoms with van der Waals surface area (Å²) in [7, 11) is 0. The van der Waals surface area contributed by atoms with Gasteiger partial charge in [-0.1, -0.05) is 18.9 Å². The number of aryl methyl sites for hydroxylation is 2. The molecule has 2 atom stereocenters. The van der Waals surface area contributed by atoms with Gasteiger partial charge in [0.15, 0.2) is 0 Å². The van der Waals surface area contributed by atoms with E-state index in [0.717, 1.165) is 19.1 Å². The van der Waals surface area contributed by atoms with Crippen molar-refractivity contribution in [2.75, 3.05) is 18.0 Å². The molecule has 0 spiro atoms. The number of fused-ring (bicyclic) bond motifs is 1. The van der Waals surface area contributed by atoms with Crippen LogP contribution in [0, 0.1) is 13.8 Å². The smallest absolute Gasteiger partial charge is 0.0443 e. The van der Waals surface area contributed by atoms with Crippen molar-refractivity contribution in [2.45, 2.75) is 51.6 Å². The summed E-state index contributed by atoms with van der Waals surface area (Å²) in [6.07, 6.45) is 5.50. The molecule has 1 aromatic carbocycles. The highest BCUT2D eigenvalue weighted by atomic mass is 15.2. The van der Waals surface area contributed by atoms with Crippen LogP contribution in [-0.2, 0) is 0 Å². The molecule has 0 amide bonds. The van der Waals surface area contributed by atoms with Gasteiger partial charge in [0, 0.05) is 30.9 Å². The molecule has 98 valence electrons. The summed E-state index contributed by atoms with van der Waals surface area (Å²) >= 11 is 0. The summed E-state index contributed by atoms with van der Waals surface area (Å²) in [6, 6.07) is 8.37. The molecule has 1 heterocycles. The zero-order valence-corrected chi connectivity index (χ0v) is 11.6. The quantitative estimate of drug-likeness (QED) is 0.817. The highest BCUT2D eigenvalue weighted by Crippen LogP contribution is 2.30. The summed E-state index contributed by atoms with van der Waals surface area (Å²) in [5.74, 6) is 0. The van der Waals surface area contributed by atoms with Crippen LogP contribution in [0.4, 0.5) is 5.69 Å². The maximum atomic E-state index is 3.71. The second-order valence-electron chi connectivity index (χ2n) is 5.87. The number of nitrogens with zero attached hydrogens (tertiary/aromatic N) is 1. The molecule has 0 radical (unpaired) electrons. The lowest BCUT2D eigenvalue weighted by atomic mass is 9.87. The fourth-order valence-electron chi connectivity index (χ4n) is 3.48. The van der Waals surface area contributed by atoms with Gasteiger partial charge in [-0.3, -0.25) is 0 Å². The van der Waals surface area contributed by atoms with Gasteiger partial charge in [0.2, 0.25) is 0 Å². The van der Waals surface area contributed by atoms with E-state index in [1.807, 2.05) is 0 Å². The molecule has 2 nitrogen and oxygen atoms in total. The molecule has 1 aromatic rings. The summed E-state index contributed by atoms with van der Waals surface area (Å²) in [6.45, 7) is 6.71. The zero-order valence-electron chi connectivity index (χ0n) is 11.6. The van der Waals surface area contributed by atoms with Crippen molar-refractivity contribution in [1.29, 1.82) is 0 Å². The van der Waals surface area contributed by atoms with Crippen molar-refractivity contribution in [2.24, 2.45) is 0 Å². The minimum Gasteiger partial charge on any atom is -0.366 e. The van der Waals surface area contributed by atoms with E-state index in [-0.39, 0.29) is 0 Å². The predicted octanol–water partition coefficient (Wildman–Crippen LogP) is 3.02. The van der Waals surface area contributed by atoms with Gasteiger partial charge in [-0.2, -0.15) is 0 Å². The molecular weight excluding hydrogens is 220 g/mol. The van der Waals surface area contributed by atoms with Gasteiger partial charge < -0.3 is 10.2 Å². The van der Waals surface area contributed by atoms with E-state index < -0.39 is 0 Å². The Kier molecular flexibility index (Phi) is 3.29. The monoisotopic (exact) mass is 244 g/mol. The van der Waals surface area contributed by atoms with Crippen LogP contribution < -0.4 is 10.2 Å². The van der Waals surface area contributed by atoms with Crippen molar-refractivity contribution in [3.05, 3.63) is 29.3 Å². The summed E-state index contributed by atoms with van der Waals surface area (Å²) in [5.41, 5.74) is 4.24. The van der Waals surface area contributed by atoms with Gasteiger partial charge in [0.25, 0.3) is 0 Å². The number of benzene rings is 1. The Bertz CT molecular complexity index is 425. The summed E-state index contributed by atoms with van der Waals surface area (Å²) in [4.78, 5) is 2.65. The zero-order chi connectivity index (χ0) is 12.5. The molecule has 1 N–H and O–H groups in total. The van der Waals surface area contributed by atoms with Crippen LogP contribution in [0.25, 0.3) is 0 Å². The molecule has 2 heteroatoms. The molecule has 2 fully saturated rings. The van der Waals surface area contributed by atoms with Gasteiger partial charge in [0.05, 0.1) is 0 Å². The molecule has 2 unspecified atom stereocenters. The lowest BCUT2D eigenvalue weighted by Gasteiger charge is -2.46. The van der Waals surface area contributed by atoms with Crippen molar-refractivity contribution in [3.8, 4) is 0 Å². The molecule has 2 aliphatic rings. The Morgan fingerprint density at radius 1 is 1.11 bits per heavy atom. The van der Waals surface area contributed by atoms with Crippen LogP contribution >= 0.6 is 0 Å². The first-order chi connectivity index (χ1) is 8.75. The van der Waals surface area contributed by atoms with Crippen LogP contribution in [0.3, 0.4) is 0 Å². The van der Waals surface area contributed by atoms with Gasteiger partial charge in [0.1, 0.15) is 0 Å². The molecular formula is C16H24N2. The molecule has 1 saturated carbocycles. The first-order valence-electron chi connectivity index (χ1n) is 7.33. The Morgan fingerprint density at radius 2 is 1.94 bits per heavy atom. The van der Waals surface area contributed by atoms with E-state index in [0.29, 0.717) is 6.04 Å². The van der Waals surface area contributed by atoms with Crippen LogP contribution in [0.2, 0.25) is 0 Å². The number of hydrogen-bond acceptors (Lipinski definition) is 2. The van der Waals surface area contributed by atoms with E-state index in [1.54, 1.807) is 0 Å². The largest absolute Gasteiger partial charge is 0.366 e. The van der Waals surface area contributed by atoms with E-state index in [9.17, 15) is 0 Å². The second-order valence-corrected chi connectivity index (χ2v) is 5.87. The Balaban J connectivity index is 1.87. The maximum absolute atomic E-state index is 3.71. The van der Waals surface area contributed by atoms with E-state index in [4.69, 9.17) is 0 Å². The van der Waals surface area contributed by atoms with Crippen molar-refractivity contribution >= 4 is 5.69 Å². The highest BCUT2D eigenvalue weighted by Gasteiger charge is 2.32. The molecule has 1 aliphatic heterocycles. The topological polar surface area (TPSA) is 15.3 Å². The lowest BCUT2D eigenvalue weighted by molar-refractivity contribution is 0.284. The van der Waals surface area contributed by atoms with Crippen molar-refractivity contribution < 1.29 is 0 Å². The normalized spacial score (nSPS) is 28.0. The first kappa shape index (κ1) is 12.0. The number of nitrogens with one attached hydrogen (secondary N) is 1. The third-order valence-corrected chi connectivity index (χ3v) is 4.71. The summed E-state index contributed by atoms with van der Waals surface area (Å²) < 4.78 is 0. The standard InChI is InChI=1S/C16H24N2/c1-12-7-8-14(11-13(12)2)18-10-9-17-15-5-3-4-6-16(15)18/h7-8,11,15-17H,3-6,9-10H2,1-2H3. The van der Waals surface area contributed by atoms with Gasteiger partial charge in [-0.05, 0) is 49.9 Å². The molecule has 18 heavy (non-hydrogen) atoms. The molecule has 0 bridgehead atoms. The fourth-order valence-corrected chi connectivity index (χ4v) is 3.48. The predicted molar refractivity (Wildman–Crippen MR) is 77.3 cm³/mol. The maximum Gasteiger partial charge on any atom is 0.0443 e. The Labute approximate surface area is 110 Å². The molecule has 1 aliphatic carbocycles. The van der Waals surface area contributed by atoms with Crippen LogP contribution in [0.1, 0.15) is 36.8 Å². The number of piperazine rings is 1. The Hall–Kier alpha value is -1.02. The number of hydrogen-bond donors (Lipinski definition) is 1. The minimum atomic E-state index is 0.717. The number of rotatable bonds is 1. The average Bonchev–Trinajstić information content (AvgIpc) is 2.41. The number of anilines is 1. The third kappa shape index (κ3) is 2.14. The second kappa shape index (κ2) is 4.93. The third-order valence-electron chi connectivity index (χ3n) is 4.71. The average molecular weight is 244 g/mol. The van der Waals surface area contributed by atoms with E-state index in [2.05, 4.69) is 42.3 Å².